The van der Waals surface area contributed by atoms with E-state index in [2.05, 4.69) is 0 Å². The lowest BCUT2D eigenvalue weighted by Crippen LogP contribution is -2.53. The van der Waals surface area contributed by atoms with Gasteiger partial charge < -0.3 is 19.1 Å². The Morgan fingerprint density at radius 1 is 1.03 bits per heavy atom. The molecule has 0 radical (unpaired) electrons. The van der Waals surface area contributed by atoms with E-state index < -0.39 is 24.2 Å². The zero-order valence-corrected chi connectivity index (χ0v) is 19.9. The largest absolute Gasteiger partial charge is 0.461 e. The lowest BCUT2D eigenvalue weighted by Gasteiger charge is -2.34. The second-order valence-corrected chi connectivity index (χ2v) is 8.38. The van der Waals surface area contributed by atoms with Gasteiger partial charge in [0.05, 0.1) is 12.5 Å². The minimum Gasteiger partial charge on any atom is -0.461 e. The number of rotatable bonds is 11. The summed E-state index contributed by atoms with van der Waals surface area (Å²) in [5, 5.41) is 0. The molecule has 0 spiro atoms. The van der Waals surface area contributed by atoms with Crippen molar-refractivity contribution in [1.29, 1.82) is 0 Å². The molecule has 2 fully saturated rings. The second-order valence-electron chi connectivity index (χ2n) is 8.38. The van der Waals surface area contributed by atoms with E-state index in [0.717, 1.165) is 23.3 Å². The van der Waals surface area contributed by atoms with Crippen LogP contribution in [-0.4, -0.2) is 71.6 Å². The number of carbonyl (C=O) groups excluding carboxylic acids is 4. The lowest BCUT2D eigenvalue weighted by atomic mass is 10.1. The minimum atomic E-state index is -0.857. The van der Waals surface area contributed by atoms with Crippen LogP contribution in [0.5, 0.6) is 0 Å². The van der Waals surface area contributed by atoms with E-state index in [1.807, 2.05) is 44.2 Å². The lowest BCUT2D eigenvalue weighted by molar-refractivity contribution is -0.177. The van der Waals surface area contributed by atoms with Crippen molar-refractivity contribution in [2.24, 2.45) is 0 Å². The van der Waals surface area contributed by atoms with Gasteiger partial charge in [-0.25, -0.2) is 0 Å². The number of imide groups is 1. The van der Waals surface area contributed by atoms with Crippen LogP contribution >= 0.6 is 0 Å². The highest BCUT2D eigenvalue weighted by molar-refractivity contribution is 6.03. The molecular formula is C25H34N2O7. The van der Waals surface area contributed by atoms with Crippen molar-refractivity contribution >= 4 is 23.7 Å². The fourth-order valence-corrected chi connectivity index (χ4v) is 4.51. The van der Waals surface area contributed by atoms with Crippen molar-refractivity contribution in [3.8, 4) is 0 Å². The molecule has 0 aliphatic carbocycles. The smallest absolute Gasteiger partial charge is 0.306 e. The van der Waals surface area contributed by atoms with Crippen molar-refractivity contribution in [2.45, 2.75) is 77.4 Å². The predicted molar refractivity (Wildman–Crippen MR) is 122 cm³/mol. The van der Waals surface area contributed by atoms with Crippen molar-refractivity contribution in [3.05, 3.63) is 35.9 Å². The number of ether oxygens (including phenoxy) is 3. The molecule has 0 N–H and O–H groups in total. The Morgan fingerprint density at radius 3 is 2.41 bits per heavy atom. The molecule has 0 unspecified atom stereocenters. The molecule has 0 aromatic heterocycles. The molecule has 0 bridgehead atoms. The summed E-state index contributed by atoms with van der Waals surface area (Å²) < 4.78 is 16.6. The van der Waals surface area contributed by atoms with Gasteiger partial charge in [0.1, 0.15) is 12.6 Å². The Balaban J connectivity index is 1.58. The van der Waals surface area contributed by atoms with Gasteiger partial charge in [-0.3, -0.25) is 24.1 Å². The first-order valence-electron chi connectivity index (χ1n) is 12.0. The first-order valence-corrected chi connectivity index (χ1v) is 12.0. The molecule has 9 heteroatoms. The Hall–Kier alpha value is -2.78. The van der Waals surface area contributed by atoms with Gasteiger partial charge in [0.25, 0.3) is 0 Å². The van der Waals surface area contributed by atoms with Crippen molar-refractivity contribution in [3.63, 3.8) is 0 Å². The van der Waals surface area contributed by atoms with E-state index in [1.54, 1.807) is 4.90 Å². The van der Waals surface area contributed by atoms with Gasteiger partial charge in [0.15, 0.2) is 6.29 Å². The summed E-state index contributed by atoms with van der Waals surface area (Å²) in [5.74, 6) is -1.71. The van der Waals surface area contributed by atoms with Crippen LogP contribution in [-0.2, 0) is 40.0 Å². The van der Waals surface area contributed by atoms with Gasteiger partial charge in [-0.1, -0.05) is 30.3 Å². The van der Waals surface area contributed by atoms with Crippen molar-refractivity contribution in [2.75, 3.05) is 19.8 Å². The zero-order chi connectivity index (χ0) is 24.5. The molecule has 2 aliphatic rings. The highest BCUT2D eigenvalue weighted by Gasteiger charge is 2.45. The molecule has 2 atom stereocenters. The number of nitrogens with zero attached hydrogens (tertiary/aromatic N) is 2. The summed E-state index contributed by atoms with van der Waals surface area (Å²) in [6.45, 7) is 5.29. The minimum absolute atomic E-state index is 0.120. The summed E-state index contributed by atoms with van der Waals surface area (Å²) in [5.41, 5.74) is 0.847. The molecule has 3 amide bonds. The van der Waals surface area contributed by atoms with E-state index in [-0.39, 0.29) is 50.1 Å². The quantitative estimate of drug-likeness (QED) is 0.358. The number of carbonyl (C=O) groups is 4. The maximum atomic E-state index is 13.4. The molecule has 186 valence electrons. The third-order valence-electron chi connectivity index (χ3n) is 6.11. The number of hydrogen-bond donors (Lipinski definition) is 0. The average molecular weight is 475 g/mol. The maximum Gasteiger partial charge on any atom is 0.306 e. The van der Waals surface area contributed by atoms with Crippen LogP contribution in [0.1, 0.15) is 57.9 Å². The molecular weight excluding hydrogens is 440 g/mol. The molecule has 1 aromatic rings. The van der Waals surface area contributed by atoms with Crippen LogP contribution in [0.3, 0.4) is 0 Å². The molecule has 2 saturated heterocycles. The first-order chi connectivity index (χ1) is 16.5. The van der Waals surface area contributed by atoms with Gasteiger partial charge in [-0.05, 0) is 38.7 Å². The van der Waals surface area contributed by atoms with Crippen LogP contribution in [0.2, 0.25) is 0 Å². The molecule has 34 heavy (non-hydrogen) atoms. The normalized spacial score (nSPS) is 20.3. The van der Waals surface area contributed by atoms with E-state index >= 15 is 0 Å². The fraction of sp³-hybridized carbons (Fsp3) is 0.600. The molecule has 3 rings (SSSR count). The summed E-state index contributed by atoms with van der Waals surface area (Å²) in [6, 6.07) is 8.12. The summed E-state index contributed by atoms with van der Waals surface area (Å²) in [4.78, 5) is 53.6. The third kappa shape index (κ3) is 6.42. The van der Waals surface area contributed by atoms with Crippen LogP contribution < -0.4 is 0 Å². The number of likely N-dealkylation sites (tertiary alicyclic amines) is 2. The van der Waals surface area contributed by atoms with E-state index in [0.29, 0.717) is 19.8 Å². The monoisotopic (exact) mass is 474 g/mol. The van der Waals surface area contributed by atoms with Gasteiger partial charge in [-0.2, -0.15) is 0 Å². The highest BCUT2D eigenvalue weighted by Crippen LogP contribution is 2.28. The SMILES string of the molecule is CCOC(OCC)[C@@H]1CCCN1C(=O)[C@@H]1CCC(=O)N1C(=O)CCC(=O)OCc1ccccc1. The number of esters is 1. The maximum absolute atomic E-state index is 13.4. The molecule has 0 saturated carbocycles. The third-order valence-corrected chi connectivity index (χ3v) is 6.11. The van der Waals surface area contributed by atoms with E-state index in [1.165, 1.54) is 0 Å². The average Bonchev–Trinajstić information content (AvgIpc) is 3.48. The van der Waals surface area contributed by atoms with Crippen molar-refractivity contribution in [1.82, 2.24) is 9.80 Å². The molecule has 9 nitrogen and oxygen atoms in total. The predicted octanol–water partition coefficient (Wildman–Crippen LogP) is 2.42. The Labute approximate surface area is 200 Å². The number of amides is 3. The number of hydrogen-bond acceptors (Lipinski definition) is 7. The Kier molecular flexibility index (Phi) is 9.59. The first kappa shape index (κ1) is 25.8. The van der Waals surface area contributed by atoms with Crippen LogP contribution in [0.25, 0.3) is 0 Å². The van der Waals surface area contributed by atoms with Gasteiger partial charge in [0.2, 0.25) is 17.7 Å². The summed E-state index contributed by atoms with van der Waals surface area (Å²) in [6.07, 6.45) is 1.06. The number of benzene rings is 1. The second kappa shape index (κ2) is 12.6. The van der Waals surface area contributed by atoms with Crippen LogP contribution in [0, 0.1) is 0 Å². The Morgan fingerprint density at radius 2 is 1.74 bits per heavy atom. The molecule has 2 aliphatic heterocycles. The standard InChI is InChI=1S/C25H34N2O7/c1-3-32-25(33-4-2)20-11-8-16-26(20)24(31)19-12-13-21(28)27(19)22(29)14-15-23(30)34-17-18-9-6-5-7-10-18/h5-7,9-10,19-20,25H,3-4,8,11-17H2,1-2H3/t19-,20-/m0/s1. The Bertz CT molecular complexity index is 854. The molecule has 1 aromatic carbocycles. The fourth-order valence-electron chi connectivity index (χ4n) is 4.51. The summed E-state index contributed by atoms with van der Waals surface area (Å²) >= 11 is 0. The van der Waals surface area contributed by atoms with E-state index in [4.69, 9.17) is 14.2 Å². The van der Waals surface area contributed by atoms with Gasteiger partial charge in [0, 0.05) is 32.6 Å². The van der Waals surface area contributed by atoms with Crippen LogP contribution in [0.4, 0.5) is 0 Å². The van der Waals surface area contributed by atoms with Gasteiger partial charge >= 0.3 is 5.97 Å². The summed E-state index contributed by atoms with van der Waals surface area (Å²) in [7, 11) is 0. The van der Waals surface area contributed by atoms with E-state index in [9.17, 15) is 19.2 Å². The van der Waals surface area contributed by atoms with Crippen molar-refractivity contribution < 1.29 is 33.4 Å². The van der Waals surface area contributed by atoms with Crippen LogP contribution in [0.15, 0.2) is 30.3 Å². The topological polar surface area (TPSA) is 102 Å². The highest BCUT2D eigenvalue weighted by atomic mass is 16.7. The zero-order valence-electron chi connectivity index (χ0n) is 19.9. The molecule has 2 heterocycles. The van der Waals surface area contributed by atoms with Gasteiger partial charge in [-0.15, -0.1) is 0 Å².